The number of benzene rings is 1. The maximum atomic E-state index is 13.0. The predicted octanol–water partition coefficient (Wildman–Crippen LogP) is 2.09. The predicted molar refractivity (Wildman–Crippen MR) is 109 cm³/mol. The van der Waals surface area contributed by atoms with E-state index < -0.39 is 15.9 Å². The first-order chi connectivity index (χ1) is 14.4. The summed E-state index contributed by atoms with van der Waals surface area (Å²) in [5, 5.41) is 0.406. The van der Waals surface area contributed by atoms with Crippen LogP contribution in [-0.4, -0.2) is 51.7 Å². The average Bonchev–Trinajstić information content (AvgIpc) is 2.73. The number of hydrogen-bond acceptors (Lipinski definition) is 8. The Morgan fingerprint density at radius 2 is 1.93 bits per heavy atom. The second-order valence-corrected chi connectivity index (χ2v) is 7.93. The molecule has 0 aliphatic heterocycles. The number of nitrogens with zero attached hydrogens (tertiary/aromatic N) is 2. The van der Waals surface area contributed by atoms with Crippen molar-refractivity contribution >= 4 is 26.8 Å². The molecule has 0 saturated carbocycles. The van der Waals surface area contributed by atoms with Crippen molar-refractivity contribution in [3.8, 4) is 11.6 Å². The number of carbonyl (C=O) groups is 1. The Hall–Kier alpha value is -3.24. The standard InChI is InChI=1S/C20H21N3O6S/c1-13-7-8-15-17(22-13)5-4-6-18(15)30(25,26)23-19(24)16-11-14(28-3)12-21-20(16)29-10-9-27-2/h4-8,11-12H,9-10H2,1-3H3,(H,23,24). The van der Waals surface area contributed by atoms with Crippen LogP contribution in [-0.2, 0) is 14.8 Å². The lowest BCUT2D eigenvalue weighted by Gasteiger charge is -2.13. The Labute approximate surface area is 174 Å². The first kappa shape index (κ1) is 21.5. The highest BCUT2D eigenvalue weighted by molar-refractivity contribution is 7.90. The van der Waals surface area contributed by atoms with Gasteiger partial charge in [0.25, 0.3) is 15.9 Å². The molecule has 0 fully saturated rings. The molecule has 3 aromatic rings. The molecule has 1 amide bonds. The summed E-state index contributed by atoms with van der Waals surface area (Å²) >= 11 is 0. The van der Waals surface area contributed by atoms with E-state index in [1.165, 1.54) is 32.5 Å². The van der Waals surface area contributed by atoms with Gasteiger partial charge in [0, 0.05) is 18.2 Å². The number of aryl methyl sites for hydroxylation is 1. The van der Waals surface area contributed by atoms with Crippen LogP contribution < -0.4 is 14.2 Å². The number of sulfonamides is 1. The Balaban J connectivity index is 1.95. The van der Waals surface area contributed by atoms with Crippen molar-refractivity contribution in [3.05, 3.63) is 53.9 Å². The lowest BCUT2D eigenvalue weighted by atomic mass is 10.2. The van der Waals surface area contributed by atoms with Crippen LogP contribution in [0.2, 0.25) is 0 Å². The van der Waals surface area contributed by atoms with Crippen molar-refractivity contribution in [2.24, 2.45) is 0 Å². The fourth-order valence-corrected chi connectivity index (χ4v) is 3.92. The summed E-state index contributed by atoms with van der Waals surface area (Å²) in [6, 6.07) is 9.40. The summed E-state index contributed by atoms with van der Waals surface area (Å²) in [6.07, 6.45) is 1.37. The number of methoxy groups -OCH3 is 2. The van der Waals surface area contributed by atoms with Crippen molar-refractivity contribution in [2.45, 2.75) is 11.8 Å². The minimum absolute atomic E-state index is 0.0317. The third-order valence-corrected chi connectivity index (χ3v) is 5.57. The first-order valence-electron chi connectivity index (χ1n) is 8.95. The third-order valence-electron chi connectivity index (χ3n) is 4.18. The fourth-order valence-electron chi connectivity index (χ4n) is 2.74. The van der Waals surface area contributed by atoms with Crippen molar-refractivity contribution in [1.82, 2.24) is 14.7 Å². The molecule has 1 N–H and O–H groups in total. The molecule has 0 unspecified atom stereocenters. The molecule has 0 atom stereocenters. The molecule has 10 heteroatoms. The molecular formula is C20H21N3O6S. The van der Waals surface area contributed by atoms with Crippen LogP contribution in [0.5, 0.6) is 11.6 Å². The number of carbonyl (C=O) groups excluding carboxylic acids is 1. The first-order valence-corrected chi connectivity index (χ1v) is 10.4. The van der Waals surface area contributed by atoms with Gasteiger partial charge < -0.3 is 14.2 Å². The minimum Gasteiger partial charge on any atom is -0.495 e. The van der Waals surface area contributed by atoms with E-state index in [2.05, 4.69) is 14.7 Å². The van der Waals surface area contributed by atoms with Crippen LogP contribution in [0.4, 0.5) is 0 Å². The average molecular weight is 431 g/mol. The molecule has 0 saturated heterocycles. The second kappa shape index (κ2) is 9.06. The summed E-state index contributed by atoms with van der Waals surface area (Å²) in [6.45, 7) is 2.22. The van der Waals surface area contributed by atoms with Gasteiger partial charge in [0.15, 0.2) is 0 Å². The van der Waals surface area contributed by atoms with Gasteiger partial charge in [0.2, 0.25) is 5.88 Å². The van der Waals surface area contributed by atoms with Crippen molar-refractivity contribution in [3.63, 3.8) is 0 Å². The third kappa shape index (κ3) is 4.66. The van der Waals surface area contributed by atoms with Crippen LogP contribution in [0, 0.1) is 6.92 Å². The molecule has 30 heavy (non-hydrogen) atoms. The van der Waals surface area contributed by atoms with E-state index in [1.54, 1.807) is 24.3 Å². The largest absolute Gasteiger partial charge is 0.495 e. The molecule has 0 radical (unpaired) electrons. The zero-order valence-electron chi connectivity index (χ0n) is 16.7. The lowest BCUT2D eigenvalue weighted by molar-refractivity contribution is 0.0971. The number of pyridine rings is 2. The summed E-state index contributed by atoms with van der Waals surface area (Å²) < 4.78 is 43.5. The van der Waals surface area contributed by atoms with Crippen LogP contribution in [0.25, 0.3) is 10.9 Å². The number of amides is 1. The van der Waals surface area contributed by atoms with Crippen LogP contribution in [0.1, 0.15) is 16.1 Å². The van der Waals surface area contributed by atoms with Crippen LogP contribution >= 0.6 is 0 Å². The molecule has 9 nitrogen and oxygen atoms in total. The van der Waals surface area contributed by atoms with E-state index in [-0.39, 0.29) is 35.3 Å². The molecular weight excluding hydrogens is 410 g/mol. The molecule has 0 spiro atoms. The minimum atomic E-state index is -4.20. The van der Waals surface area contributed by atoms with E-state index >= 15 is 0 Å². The van der Waals surface area contributed by atoms with E-state index in [1.807, 2.05) is 6.92 Å². The van der Waals surface area contributed by atoms with Gasteiger partial charge in [-0.15, -0.1) is 0 Å². The normalized spacial score (nSPS) is 11.3. The van der Waals surface area contributed by atoms with Gasteiger partial charge in [0.1, 0.15) is 17.9 Å². The van der Waals surface area contributed by atoms with Crippen LogP contribution in [0.15, 0.2) is 47.5 Å². The SMILES string of the molecule is COCCOc1ncc(OC)cc1C(=O)NS(=O)(=O)c1cccc2nc(C)ccc12. The van der Waals surface area contributed by atoms with Crippen molar-refractivity contribution in [1.29, 1.82) is 0 Å². The summed E-state index contributed by atoms with van der Waals surface area (Å²) in [5.74, 6) is -0.650. The van der Waals surface area contributed by atoms with E-state index in [9.17, 15) is 13.2 Å². The van der Waals surface area contributed by atoms with Crippen molar-refractivity contribution < 1.29 is 27.4 Å². The number of ether oxygens (including phenoxy) is 3. The van der Waals surface area contributed by atoms with Gasteiger partial charge in [-0.2, -0.15) is 0 Å². The highest BCUT2D eigenvalue weighted by Gasteiger charge is 2.24. The van der Waals surface area contributed by atoms with Gasteiger partial charge in [-0.25, -0.2) is 18.1 Å². The maximum Gasteiger partial charge on any atom is 0.270 e. The number of hydrogen-bond donors (Lipinski definition) is 1. The van der Waals surface area contributed by atoms with Crippen molar-refractivity contribution in [2.75, 3.05) is 27.4 Å². The van der Waals surface area contributed by atoms with Gasteiger partial charge in [-0.3, -0.25) is 9.78 Å². The van der Waals surface area contributed by atoms with Gasteiger partial charge >= 0.3 is 0 Å². The fraction of sp³-hybridized carbons (Fsp3) is 0.250. The maximum absolute atomic E-state index is 13.0. The number of rotatable bonds is 8. The monoisotopic (exact) mass is 431 g/mol. The Morgan fingerprint density at radius 1 is 1.13 bits per heavy atom. The number of nitrogens with one attached hydrogen (secondary N) is 1. The molecule has 1 aromatic carbocycles. The molecule has 0 aliphatic rings. The number of aromatic nitrogens is 2. The van der Waals surface area contributed by atoms with Gasteiger partial charge in [0.05, 0.1) is 30.3 Å². The second-order valence-electron chi connectivity index (χ2n) is 6.28. The summed E-state index contributed by atoms with van der Waals surface area (Å²) in [5.41, 5.74) is 1.18. The molecule has 0 aliphatic carbocycles. The number of fused-ring (bicyclic) bond motifs is 1. The molecule has 2 heterocycles. The highest BCUT2D eigenvalue weighted by Crippen LogP contribution is 2.24. The van der Waals surface area contributed by atoms with Crippen LogP contribution in [0.3, 0.4) is 0 Å². The Morgan fingerprint density at radius 3 is 2.67 bits per heavy atom. The van der Waals surface area contributed by atoms with E-state index in [4.69, 9.17) is 14.2 Å². The topological polar surface area (TPSA) is 117 Å². The summed E-state index contributed by atoms with van der Waals surface area (Å²) in [7, 11) is -1.28. The molecule has 2 aromatic heterocycles. The van der Waals surface area contributed by atoms with Gasteiger partial charge in [-0.05, 0) is 37.3 Å². The summed E-state index contributed by atoms with van der Waals surface area (Å²) in [4.78, 5) is 21.1. The smallest absolute Gasteiger partial charge is 0.270 e. The van der Waals surface area contributed by atoms with E-state index in [0.29, 0.717) is 10.9 Å². The zero-order valence-corrected chi connectivity index (χ0v) is 17.5. The molecule has 3 rings (SSSR count). The molecule has 0 bridgehead atoms. The Bertz CT molecular complexity index is 1180. The highest BCUT2D eigenvalue weighted by atomic mass is 32.2. The lowest BCUT2D eigenvalue weighted by Crippen LogP contribution is -2.31. The quantitative estimate of drug-likeness (QED) is 0.539. The van der Waals surface area contributed by atoms with Gasteiger partial charge in [-0.1, -0.05) is 6.07 Å². The van der Waals surface area contributed by atoms with E-state index in [0.717, 1.165) is 5.69 Å². The Kier molecular flexibility index (Phi) is 6.48. The molecule has 158 valence electrons. The zero-order chi connectivity index (χ0) is 21.7.